The molecule has 0 aliphatic heterocycles. The lowest BCUT2D eigenvalue weighted by atomic mass is 10.0. The second-order valence-corrected chi connectivity index (χ2v) is 9.68. The maximum Gasteiger partial charge on any atom is 0.416 e. The molecule has 0 spiro atoms. The summed E-state index contributed by atoms with van der Waals surface area (Å²) in [5.41, 5.74) is 10.9. The van der Waals surface area contributed by atoms with E-state index in [0.717, 1.165) is 30.5 Å². The SMILES string of the molecule is C\C=C(F)/C=C\C=C\CN(C)CCCN=C(Nc1ccc(C(F)(F)F)cc1)c1ccc(C/C(=C\C=C/N)C(F)(F)F)cc1N. The maximum absolute atomic E-state index is 13.5. The van der Waals surface area contributed by atoms with Crippen molar-refractivity contribution in [2.75, 3.05) is 37.7 Å². The van der Waals surface area contributed by atoms with Crippen LogP contribution in [-0.4, -0.2) is 43.6 Å². The topological polar surface area (TPSA) is 79.7 Å². The molecular formula is C32H36F7N5. The molecule has 12 heteroatoms. The first-order chi connectivity index (χ1) is 20.7. The van der Waals surface area contributed by atoms with Crippen LogP contribution in [0, 0.1) is 0 Å². The van der Waals surface area contributed by atoms with E-state index in [1.807, 2.05) is 18.0 Å². The van der Waals surface area contributed by atoms with Crippen molar-refractivity contribution in [3.05, 3.63) is 119 Å². The number of nitrogens with one attached hydrogen (secondary N) is 1. The number of anilines is 2. The van der Waals surface area contributed by atoms with E-state index in [9.17, 15) is 30.7 Å². The fourth-order valence-electron chi connectivity index (χ4n) is 3.84. The van der Waals surface area contributed by atoms with Crippen molar-refractivity contribution in [2.45, 2.75) is 32.1 Å². The summed E-state index contributed by atoms with van der Waals surface area (Å²) in [5.74, 6) is -0.0789. The summed E-state index contributed by atoms with van der Waals surface area (Å²) in [6.07, 6.45) is 1.96. The van der Waals surface area contributed by atoms with Crippen LogP contribution in [-0.2, 0) is 12.6 Å². The molecule has 238 valence electrons. The zero-order chi connectivity index (χ0) is 32.8. The second kappa shape index (κ2) is 17.1. The van der Waals surface area contributed by atoms with Crippen molar-refractivity contribution in [2.24, 2.45) is 10.7 Å². The van der Waals surface area contributed by atoms with Gasteiger partial charge < -0.3 is 21.7 Å². The van der Waals surface area contributed by atoms with Gasteiger partial charge in [0, 0.05) is 42.0 Å². The van der Waals surface area contributed by atoms with Crippen LogP contribution in [0.15, 0.2) is 108 Å². The summed E-state index contributed by atoms with van der Waals surface area (Å²) in [4.78, 5) is 6.60. The molecule has 0 bridgehead atoms. The Labute approximate surface area is 252 Å². The third kappa shape index (κ3) is 12.5. The molecule has 0 saturated heterocycles. The highest BCUT2D eigenvalue weighted by molar-refractivity contribution is 6.11. The van der Waals surface area contributed by atoms with Crippen molar-refractivity contribution in [1.29, 1.82) is 0 Å². The van der Waals surface area contributed by atoms with Crippen molar-refractivity contribution in [3.63, 3.8) is 0 Å². The van der Waals surface area contributed by atoms with Crippen LogP contribution in [0.3, 0.4) is 0 Å². The number of allylic oxidation sites excluding steroid dienone is 8. The highest BCUT2D eigenvalue weighted by Crippen LogP contribution is 2.31. The molecule has 0 heterocycles. The Kier molecular flexibility index (Phi) is 13.9. The fourth-order valence-corrected chi connectivity index (χ4v) is 3.84. The number of amidine groups is 1. The van der Waals surface area contributed by atoms with E-state index in [2.05, 4.69) is 10.3 Å². The van der Waals surface area contributed by atoms with Crippen LogP contribution < -0.4 is 16.8 Å². The zero-order valence-corrected chi connectivity index (χ0v) is 24.4. The lowest BCUT2D eigenvalue weighted by Gasteiger charge is -2.17. The van der Waals surface area contributed by atoms with Gasteiger partial charge in [0.1, 0.15) is 11.7 Å². The van der Waals surface area contributed by atoms with E-state index in [4.69, 9.17) is 11.5 Å². The molecule has 0 atom stereocenters. The first-order valence-electron chi connectivity index (χ1n) is 13.6. The van der Waals surface area contributed by atoms with Gasteiger partial charge in [0.05, 0.1) is 5.56 Å². The molecule has 2 rings (SSSR count). The minimum absolute atomic E-state index is 0.140. The highest BCUT2D eigenvalue weighted by Gasteiger charge is 2.33. The second-order valence-electron chi connectivity index (χ2n) is 9.68. The average Bonchev–Trinajstić information content (AvgIpc) is 2.95. The van der Waals surface area contributed by atoms with E-state index in [0.29, 0.717) is 42.9 Å². The van der Waals surface area contributed by atoms with Gasteiger partial charge in [-0.05, 0) is 87.3 Å². The van der Waals surface area contributed by atoms with E-state index in [1.54, 1.807) is 19.1 Å². The Morgan fingerprint density at radius 1 is 1.00 bits per heavy atom. The smallest absolute Gasteiger partial charge is 0.405 e. The molecule has 2 aromatic rings. The molecule has 0 amide bonds. The van der Waals surface area contributed by atoms with Crippen LogP contribution in [0.2, 0.25) is 0 Å². The summed E-state index contributed by atoms with van der Waals surface area (Å²) in [6, 6.07) is 8.78. The van der Waals surface area contributed by atoms with Crippen molar-refractivity contribution >= 4 is 17.2 Å². The number of nitrogens with two attached hydrogens (primary N) is 2. The molecule has 5 N–H and O–H groups in total. The third-order valence-corrected chi connectivity index (χ3v) is 6.18. The number of likely N-dealkylation sites (N-methyl/N-ethyl adjacent to an activating group) is 1. The quantitative estimate of drug-likeness (QED) is 0.0528. The predicted octanol–water partition coefficient (Wildman–Crippen LogP) is 7.96. The average molecular weight is 624 g/mol. The van der Waals surface area contributed by atoms with Crippen molar-refractivity contribution < 1.29 is 30.7 Å². The van der Waals surface area contributed by atoms with E-state index >= 15 is 0 Å². The fraction of sp³-hybridized carbons (Fsp3) is 0.281. The molecule has 0 fully saturated rings. The minimum Gasteiger partial charge on any atom is -0.405 e. The summed E-state index contributed by atoms with van der Waals surface area (Å²) >= 11 is 0. The lowest BCUT2D eigenvalue weighted by Crippen LogP contribution is -2.21. The largest absolute Gasteiger partial charge is 0.416 e. The Hall–Kier alpha value is -4.32. The van der Waals surface area contributed by atoms with Gasteiger partial charge in [0.15, 0.2) is 0 Å². The Bertz CT molecular complexity index is 1380. The molecular weight excluding hydrogens is 587 g/mol. The van der Waals surface area contributed by atoms with Crippen LogP contribution in [0.1, 0.15) is 30.0 Å². The molecule has 0 aromatic heterocycles. The monoisotopic (exact) mass is 623 g/mol. The summed E-state index contributed by atoms with van der Waals surface area (Å²) in [6.45, 7) is 3.16. The van der Waals surface area contributed by atoms with Gasteiger partial charge in [-0.1, -0.05) is 36.4 Å². The number of hydrogen-bond donors (Lipinski definition) is 3. The Morgan fingerprint density at radius 3 is 2.30 bits per heavy atom. The minimum atomic E-state index is -4.58. The molecule has 0 aliphatic carbocycles. The van der Waals surface area contributed by atoms with Crippen molar-refractivity contribution in [3.8, 4) is 0 Å². The number of nitrogens with zero attached hydrogens (tertiary/aromatic N) is 2. The van der Waals surface area contributed by atoms with Crippen LogP contribution in [0.25, 0.3) is 0 Å². The van der Waals surface area contributed by atoms with Gasteiger partial charge in [-0.2, -0.15) is 26.3 Å². The number of rotatable bonds is 13. The number of benzene rings is 2. The highest BCUT2D eigenvalue weighted by atomic mass is 19.4. The summed E-state index contributed by atoms with van der Waals surface area (Å²) in [5, 5.41) is 3.00. The Morgan fingerprint density at radius 2 is 1.70 bits per heavy atom. The van der Waals surface area contributed by atoms with Crippen LogP contribution in [0.5, 0.6) is 0 Å². The molecule has 0 unspecified atom stereocenters. The van der Waals surface area contributed by atoms with Gasteiger partial charge >= 0.3 is 12.4 Å². The number of nitrogen functional groups attached to an aromatic ring is 1. The van der Waals surface area contributed by atoms with Gasteiger partial charge in [-0.25, -0.2) is 4.39 Å². The standard InChI is InChI=1S/C32H36F7N5/c1-3-26(33)10-5-4-6-19-44(2)20-8-18-42-30(43-27-14-12-24(13-15-27)31(34,35)36)28-16-11-23(22-29(28)41)21-25(9-7-17-40)32(37,38)39/h3-7,9-17,22H,8,18-21,40-41H2,1-2H3,(H,42,43)/b6-4+,10-5-,17-7-,25-9+,26-3+. The van der Waals surface area contributed by atoms with Crippen LogP contribution in [0.4, 0.5) is 42.1 Å². The van der Waals surface area contributed by atoms with Gasteiger partial charge in [-0.15, -0.1) is 0 Å². The molecule has 0 aliphatic rings. The predicted molar refractivity (Wildman–Crippen MR) is 164 cm³/mol. The van der Waals surface area contributed by atoms with E-state index in [-0.39, 0.29) is 17.3 Å². The first kappa shape index (κ1) is 35.9. The lowest BCUT2D eigenvalue weighted by molar-refractivity contribution is -0.137. The molecule has 2 aromatic carbocycles. The van der Waals surface area contributed by atoms with Crippen LogP contribution >= 0.6 is 0 Å². The van der Waals surface area contributed by atoms with Gasteiger partial charge in [-0.3, -0.25) is 4.99 Å². The van der Waals surface area contributed by atoms with Gasteiger partial charge in [0.2, 0.25) is 0 Å². The summed E-state index contributed by atoms with van der Waals surface area (Å²) in [7, 11) is 1.90. The van der Waals surface area contributed by atoms with E-state index < -0.39 is 29.9 Å². The number of hydrogen-bond acceptors (Lipinski definition) is 4. The third-order valence-electron chi connectivity index (χ3n) is 6.18. The first-order valence-corrected chi connectivity index (χ1v) is 13.6. The maximum atomic E-state index is 13.5. The number of aliphatic imine (C=N–C) groups is 1. The molecule has 44 heavy (non-hydrogen) atoms. The summed E-state index contributed by atoms with van der Waals surface area (Å²) < 4.78 is 92.6. The Balaban J connectivity index is 2.24. The van der Waals surface area contributed by atoms with Gasteiger partial charge in [0.25, 0.3) is 0 Å². The number of alkyl halides is 6. The number of halogens is 7. The molecule has 0 saturated carbocycles. The van der Waals surface area contributed by atoms with E-state index in [1.165, 1.54) is 42.5 Å². The van der Waals surface area contributed by atoms with Crippen molar-refractivity contribution in [1.82, 2.24) is 4.90 Å². The normalized spacial score (nSPS) is 14.1. The molecule has 0 radical (unpaired) electrons. The zero-order valence-electron chi connectivity index (χ0n) is 24.4. The molecule has 5 nitrogen and oxygen atoms in total.